The lowest BCUT2D eigenvalue weighted by atomic mass is 10.2. The van der Waals surface area contributed by atoms with E-state index in [-0.39, 0.29) is 5.91 Å². The normalized spacial score (nSPS) is 10.2. The lowest BCUT2D eigenvalue weighted by Crippen LogP contribution is -2.22. The van der Waals surface area contributed by atoms with Crippen LogP contribution in [0, 0.1) is 13.8 Å². The summed E-state index contributed by atoms with van der Waals surface area (Å²) in [4.78, 5) is 11.9. The van der Waals surface area contributed by atoms with Crippen LogP contribution in [-0.4, -0.2) is 18.2 Å². The van der Waals surface area contributed by atoms with Crippen LogP contribution in [-0.2, 0) is 4.79 Å². The van der Waals surface area contributed by atoms with Crippen molar-refractivity contribution in [1.82, 2.24) is 5.32 Å². The second-order valence-electron chi connectivity index (χ2n) is 3.70. The zero-order chi connectivity index (χ0) is 12.1. The maximum Gasteiger partial charge on any atom is 0.216 e. The lowest BCUT2D eigenvalue weighted by Gasteiger charge is -2.08. The summed E-state index contributed by atoms with van der Waals surface area (Å²) in [6.07, 6.45) is 0. The Morgan fingerprint density at radius 3 is 2.69 bits per heavy atom. The molecule has 1 amide bonds. The Balaban J connectivity index is 2.54. The predicted octanol–water partition coefficient (Wildman–Crippen LogP) is 3.19. The molecule has 0 aliphatic carbocycles. The van der Waals surface area contributed by atoms with E-state index in [4.69, 9.17) is 11.6 Å². The number of halogens is 1. The summed E-state index contributed by atoms with van der Waals surface area (Å²) >= 11 is 7.76. The second kappa shape index (κ2) is 6.16. The molecule has 0 radical (unpaired) electrons. The molecule has 0 atom stereocenters. The number of hydrogen-bond acceptors (Lipinski definition) is 2. The minimum atomic E-state index is 0.0182. The van der Waals surface area contributed by atoms with E-state index >= 15 is 0 Å². The van der Waals surface area contributed by atoms with Crippen molar-refractivity contribution < 1.29 is 4.79 Å². The van der Waals surface area contributed by atoms with Crippen molar-refractivity contribution in [2.75, 3.05) is 12.3 Å². The summed E-state index contributed by atoms with van der Waals surface area (Å²) in [6, 6.07) is 4.08. The summed E-state index contributed by atoms with van der Waals surface area (Å²) in [5, 5.41) is 3.58. The van der Waals surface area contributed by atoms with Gasteiger partial charge in [0, 0.05) is 29.1 Å². The molecule has 0 spiro atoms. The number of amides is 1. The van der Waals surface area contributed by atoms with Crippen LogP contribution < -0.4 is 5.32 Å². The van der Waals surface area contributed by atoms with Gasteiger partial charge in [0.1, 0.15) is 0 Å². The molecule has 1 N–H and O–H groups in total. The van der Waals surface area contributed by atoms with Gasteiger partial charge in [0.05, 0.1) is 0 Å². The third kappa shape index (κ3) is 4.06. The molecule has 88 valence electrons. The highest BCUT2D eigenvalue weighted by atomic mass is 35.5. The first-order chi connectivity index (χ1) is 7.50. The highest BCUT2D eigenvalue weighted by molar-refractivity contribution is 7.99. The fourth-order valence-corrected chi connectivity index (χ4v) is 2.49. The zero-order valence-electron chi connectivity index (χ0n) is 9.76. The van der Waals surface area contributed by atoms with Gasteiger partial charge in [0.2, 0.25) is 5.91 Å². The van der Waals surface area contributed by atoms with E-state index in [2.05, 4.69) is 11.4 Å². The predicted molar refractivity (Wildman–Crippen MR) is 70.3 cm³/mol. The largest absolute Gasteiger partial charge is 0.356 e. The molecule has 2 nitrogen and oxygen atoms in total. The van der Waals surface area contributed by atoms with Gasteiger partial charge in [-0.3, -0.25) is 4.79 Å². The number of nitrogens with one attached hydrogen (secondary N) is 1. The van der Waals surface area contributed by atoms with Crippen molar-refractivity contribution in [3.63, 3.8) is 0 Å². The average molecular weight is 258 g/mol. The third-order valence-corrected chi connectivity index (χ3v) is 3.76. The molecular weight excluding hydrogens is 242 g/mol. The Morgan fingerprint density at radius 1 is 1.38 bits per heavy atom. The fourth-order valence-electron chi connectivity index (χ4n) is 1.30. The molecule has 1 rings (SSSR count). The number of aryl methyl sites for hydroxylation is 2. The molecule has 0 saturated heterocycles. The number of carbonyl (C=O) groups excluding carboxylic acids is 1. The van der Waals surface area contributed by atoms with Crippen LogP contribution in [0.15, 0.2) is 17.0 Å². The van der Waals surface area contributed by atoms with Crippen molar-refractivity contribution in [2.24, 2.45) is 0 Å². The Kier molecular flexibility index (Phi) is 5.16. The molecule has 0 unspecified atom stereocenters. The van der Waals surface area contributed by atoms with Crippen LogP contribution >= 0.6 is 23.4 Å². The van der Waals surface area contributed by atoms with E-state index in [1.807, 2.05) is 19.9 Å². The summed E-state index contributed by atoms with van der Waals surface area (Å²) < 4.78 is 0. The van der Waals surface area contributed by atoms with Gasteiger partial charge < -0.3 is 5.32 Å². The fraction of sp³-hybridized carbons (Fsp3) is 0.417. The maximum absolute atomic E-state index is 10.7. The Hall–Kier alpha value is -0.670. The van der Waals surface area contributed by atoms with Gasteiger partial charge in [-0.05, 0) is 37.1 Å². The van der Waals surface area contributed by atoms with Crippen molar-refractivity contribution in [2.45, 2.75) is 25.7 Å². The van der Waals surface area contributed by atoms with Gasteiger partial charge in [-0.25, -0.2) is 0 Å². The highest BCUT2D eigenvalue weighted by Gasteiger charge is 2.03. The van der Waals surface area contributed by atoms with Gasteiger partial charge in [-0.1, -0.05) is 11.6 Å². The van der Waals surface area contributed by atoms with Crippen molar-refractivity contribution >= 4 is 29.3 Å². The van der Waals surface area contributed by atoms with Crippen LogP contribution in [0.5, 0.6) is 0 Å². The molecule has 1 aromatic carbocycles. The quantitative estimate of drug-likeness (QED) is 0.663. The SMILES string of the molecule is CC(=O)NCCSc1cc(C)c(Cl)cc1C. The summed E-state index contributed by atoms with van der Waals surface area (Å²) in [5.74, 6) is 0.895. The number of thioether (sulfide) groups is 1. The number of rotatable bonds is 4. The Labute approximate surface area is 106 Å². The van der Waals surface area contributed by atoms with Gasteiger partial charge in [0.15, 0.2) is 0 Å². The van der Waals surface area contributed by atoms with Crippen LogP contribution in [0.2, 0.25) is 5.02 Å². The highest BCUT2D eigenvalue weighted by Crippen LogP contribution is 2.27. The first kappa shape index (κ1) is 13.4. The first-order valence-electron chi connectivity index (χ1n) is 5.14. The topological polar surface area (TPSA) is 29.1 Å². The average Bonchev–Trinajstić information content (AvgIpc) is 2.19. The Morgan fingerprint density at radius 2 is 2.06 bits per heavy atom. The molecule has 4 heteroatoms. The molecule has 0 aliphatic rings. The lowest BCUT2D eigenvalue weighted by molar-refractivity contribution is -0.118. The van der Waals surface area contributed by atoms with Gasteiger partial charge >= 0.3 is 0 Å². The van der Waals surface area contributed by atoms with Crippen molar-refractivity contribution in [3.05, 3.63) is 28.3 Å². The van der Waals surface area contributed by atoms with Gasteiger partial charge in [-0.15, -0.1) is 11.8 Å². The molecule has 16 heavy (non-hydrogen) atoms. The second-order valence-corrected chi connectivity index (χ2v) is 5.24. The van der Waals surface area contributed by atoms with E-state index in [1.165, 1.54) is 17.4 Å². The van der Waals surface area contributed by atoms with Crippen LogP contribution in [0.1, 0.15) is 18.1 Å². The molecule has 0 aromatic heterocycles. The third-order valence-electron chi connectivity index (χ3n) is 2.19. The van der Waals surface area contributed by atoms with Crippen LogP contribution in [0.4, 0.5) is 0 Å². The molecule has 0 bridgehead atoms. The standard InChI is InChI=1S/C12H16ClNOS/c1-8-7-12(9(2)6-11(8)13)16-5-4-14-10(3)15/h6-7H,4-5H2,1-3H3,(H,14,15). The number of hydrogen-bond donors (Lipinski definition) is 1. The maximum atomic E-state index is 10.7. The first-order valence-corrected chi connectivity index (χ1v) is 6.51. The molecule has 0 heterocycles. The minimum absolute atomic E-state index is 0.0182. The van der Waals surface area contributed by atoms with E-state index in [9.17, 15) is 4.79 Å². The van der Waals surface area contributed by atoms with Crippen LogP contribution in [0.25, 0.3) is 0 Å². The molecule has 0 aliphatic heterocycles. The molecule has 0 fully saturated rings. The van der Waals surface area contributed by atoms with Gasteiger partial charge in [-0.2, -0.15) is 0 Å². The summed E-state index contributed by atoms with van der Waals surface area (Å²) in [6.45, 7) is 6.27. The Bertz CT molecular complexity index is 393. The van der Waals surface area contributed by atoms with Crippen molar-refractivity contribution in [1.29, 1.82) is 0 Å². The van der Waals surface area contributed by atoms with E-state index in [1.54, 1.807) is 11.8 Å². The summed E-state index contributed by atoms with van der Waals surface area (Å²) in [7, 11) is 0. The molecular formula is C12H16ClNOS. The minimum Gasteiger partial charge on any atom is -0.356 e. The smallest absolute Gasteiger partial charge is 0.216 e. The molecule has 1 aromatic rings. The van der Waals surface area contributed by atoms with E-state index in [0.29, 0.717) is 6.54 Å². The number of benzene rings is 1. The summed E-state index contributed by atoms with van der Waals surface area (Å²) in [5.41, 5.74) is 2.28. The van der Waals surface area contributed by atoms with Gasteiger partial charge in [0.25, 0.3) is 0 Å². The molecule has 0 saturated carbocycles. The van der Waals surface area contributed by atoms with E-state index < -0.39 is 0 Å². The van der Waals surface area contributed by atoms with E-state index in [0.717, 1.165) is 16.3 Å². The number of carbonyl (C=O) groups is 1. The monoisotopic (exact) mass is 257 g/mol. The van der Waals surface area contributed by atoms with Crippen LogP contribution in [0.3, 0.4) is 0 Å². The van der Waals surface area contributed by atoms with Crippen molar-refractivity contribution in [3.8, 4) is 0 Å². The zero-order valence-corrected chi connectivity index (χ0v) is 11.3.